The van der Waals surface area contributed by atoms with E-state index in [9.17, 15) is 36.2 Å². The Hall–Kier alpha value is -2.79. The number of alkyl halides is 6. The minimum absolute atomic E-state index is 0.0377. The second kappa shape index (κ2) is 10.1. The van der Waals surface area contributed by atoms with Crippen LogP contribution in [0.1, 0.15) is 50.5 Å². The highest BCUT2D eigenvalue weighted by Crippen LogP contribution is 2.38. The molecule has 5 nitrogen and oxygen atoms in total. The Labute approximate surface area is 197 Å². The standard InChI is InChI=1S/C24H25F6NO4/c1-4-34-22(33)16(11-23(2,3)27)31-20(24(28,29)30)13-5-7-14-15-9-12(19(32)21(25)26)6-8-17(15)35-18(14)10-13/h5-10,16,19-21,31-32H,4,11H2,1-3H3/t16-,19?,20-/m0/s1. The summed E-state index contributed by atoms with van der Waals surface area (Å²) < 4.78 is 92.5. The maximum Gasteiger partial charge on any atom is 0.407 e. The maximum atomic E-state index is 14.2. The number of esters is 1. The lowest BCUT2D eigenvalue weighted by Gasteiger charge is -2.29. The van der Waals surface area contributed by atoms with Gasteiger partial charge < -0.3 is 14.3 Å². The minimum atomic E-state index is -4.86. The number of benzene rings is 2. The predicted octanol–water partition coefficient (Wildman–Crippen LogP) is 6.15. The summed E-state index contributed by atoms with van der Waals surface area (Å²) in [6.45, 7) is 3.68. The summed E-state index contributed by atoms with van der Waals surface area (Å²) in [7, 11) is 0. The number of hydrogen-bond donors (Lipinski definition) is 2. The van der Waals surface area contributed by atoms with Gasteiger partial charge in [0.25, 0.3) is 6.43 Å². The number of fused-ring (bicyclic) bond motifs is 3. The van der Waals surface area contributed by atoms with Crippen LogP contribution >= 0.6 is 0 Å². The van der Waals surface area contributed by atoms with Gasteiger partial charge in [-0.3, -0.25) is 10.1 Å². The molecule has 2 aromatic carbocycles. The summed E-state index contributed by atoms with van der Waals surface area (Å²) in [6.07, 6.45) is -10.5. The zero-order valence-electron chi connectivity index (χ0n) is 19.1. The van der Waals surface area contributed by atoms with E-state index in [0.717, 1.165) is 26.0 Å². The van der Waals surface area contributed by atoms with Crippen LogP contribution in [0.25, 0.3) is 21.9 Å². The first-order valence-electron chi connectivity index (χ1n) is 10.8. The van der Waals surface area contributed by atoms with Gasteiger partial charge in [-0.1, -0.05) is 18.2 Å². The monoisotopic (exact) mass is 505 g/mol. The van der Waals surface area contributed by atoms with Crippen molar-refractivity contribution in [2.45, 2.75) is 63.7 Å². The van der Waals surface area contributed by atoms with Crippen molar-refractivity contribution < 1.29 is 45.4 Å². The molecule has 35 heavy (non-hydrogen) atoms. The highest BCUT2D eigenvalue weighted by Gasteiger charge is 2.44. The van der Waals surface area contributed by atoms with Gasteiger partial charge in [0.05, 0.1) is 6.61 Å². The van der Waals surface area contributed by atoms with E-state index in [2.05, 4.69) is 5.32 Å². The van der Waals surface area contributed by atoms with E-state index in [0.29, 0.717) is 10.8 Å². The Morgan fingerprint density at radius 1 is 1.03 bits per heavy atom. The summed E-state index contributed by atoms with van der Waals surface area (Å²) in [5.74, 6) is -1.01. The van der Waals surface area contributed by atoms with E-state index in [1.165, 1.54) is 31.2 Å². The van der Waals surface area contributed by atoms with Crippen LogP contribution in [0.15, 0.2) is 40.8 Å². The number of rotatable bonds is 9. The van der Waals surface area contributed by atoms with Crippen molar-refractivity contribution in [3.8, 4) is 0 Å². The van der Waals surface area contributed by atoms with Crippen molar-refractivity contribution in [1.29, 1.82) is 0 Å². The number of halogens is 6. The van der Waals surface area contributed by atoms with Crippen molar-refractivity contribution in [2.75, 3.05) is 6.61 Å². The third-order valence-electron chi connectivity index (χ3n) is 5.39. The number of carbonyl (C=O) groups excluding carboxylic acids is 1. The SMILES string of the molecule is CCOC(=O)[C@H](CC(C)(C)F)N[C@@H](c1ccc2c(c1)oc1ccc(C(O)C(F)F)cc12)C(F)(F)F. The van der Waals surface area contributed by atoms with Crippen LogP contribution < -0.4 is 5.32 Å². The molecule has 3 aromatic rings. The van der Waals surface area contributed by atoms with Crippen molar-refractivity contribution >= 4 is 27.9 Å². The van der Waals surface area contributed by atoms with Gasteiger partial charge in [-0.25, -0.2) is 13.2 Å². The Balaban J connectivity index is 2.03. The first-order chi connectivity index (χ1) is 16.2. The number of aliphatic hydroxyl groups is 1. The fourth-order valence-corrected chi connectivity index (χ4v) is 3.84. The van der Waals surface area contributed by atoms with Crippen LogP contribution in [0.4, 0.5) is 26.3 Å². The molecule has 11 heteroatoms. The molecule has 0 aliphatic rings. The van der Waals surface area contributed by atoms with E-state index < -0.39 is 48.8 Å². The molecule has 0 bridgehead atoms. The topological polar surface area (TPSA) is 71.7 Å². The molecule has 1 heterocycles. The average molecular weight is 505 g/mol. The molecular weight excluding hydrogens is 480 g/mol. The van der Waals surface area contributed by atoms with Gasteiger partial charge in [0.2, 0.25) is 0 Å². The molecule has 3 atom stereocenters. The molecule has 0 amide bonds. The van der Waals surface area contributed by atoms with Crippen LogP contribution in [-0.2, 0) is 9.53 Å². The van der Waals surface area contributed by atoms with E-state index in [1.54, 1.807) is 0 Å². The predicted molar refractivity (Wildman–Crippen MR) is 117 cm³/mol. The lowest BCUT2D eigenvalue weighted by atomic mass is 9.97. The molecule has 192 valence electrons. The summed E-state index contributed by atoms with van der Waals surface area (Å²) in [5, 5.41) is 12.5. The third-order valence-corrected chi connectivity index (χ3v) is 5.39. The van der Waals surface area contributed by atoms with Gasteiger partial charge in [-0.2, -0.15) is 13.2 Å². The summed E-state index contributed by atoms with van der Waals surface area (Å²) in [6, 6.07) is 3.54. The molecule has 0 spiro atoms. The molecule has 3 rings (SSSR count). The summed E-state index contributed by atoms with van der Waals surface area (Å²) >= 11 is 0. The average Bonchev–Trinajstić information content (AvgIpc) is 3.11. The first kappa shape index (κ1) is 26.8. The molecular formula is C24H25F6NO4. The molecule has 0 saturated heterocycles. The Morgan fingerprint density at radius 3 is 2.26 bits per heavy atom. The number of nitrogens with one attached hydrogen (secondary N) is 1. The number of ether oxygens (including phenoxy) is 1. The highest BCUT2D eigenvalue weighted by molar-refractivity contribution is 6.05. The number of carbonyl (C=O) groups is 1. The second-order valence-electron chi connectivity index (χ2n) is 8.76. The lowest BCUT2D eigenvalue weighted by Crippen LogP contribution is -2.47. The molecule has 1 unspecified atom stereocenters. The third kappa shape index (κ3) is 6.26. The Bertz CT molecular complexity index is 1180. The van der Waals surface area contributed by atoms with Gasteiger partial charge in [-0.05, 0) is 50.1 Å². The fraction of sp³-hybridized carbons (Fsp3) is 0.458. The van der Waals surface area contributed by atoms with E-state index in [1.807, 2.05) is 0 Å². The molecule has 0 saturated carbocycles. The summed E-state index contributed by atoms with van der Waals surface area (Å²) in [4.78, 5) is 12.3. The highest BCUT2D eigenvalue weighted by atomic mass is 19.4. The number of aliphatic hydroxyl groups excluding tert-OH is 1. The molecule has 0 aliphatic heterocycles. The van der Waals surface area contributed by atoms with E-state index in [4.69, 9.17) is 9.15 Å². The second-order valence-corrected chi connectivity index (χ2v) is 8.76. The molecule has 2 N–H and O–H groups in total. The van der Waals surface area contributed by atoms with Crippen LogP contribution in [0, 0.1) is 0 Å². The van der Waals surface area contributed by atoms with E-state index >= 15 is 0 Å². The number of hydrogen-bond acceptors (Lipinski definition) is 5. The van der Waals surface area contributed by atoms with Crippen molar-refractivity contribution in [3.63, 3.8) is 0 Å². The first-order valence-corrected chi connectivity index (χ1v) is 10.8. The van der Waals surface area contributed by atoms with Crippen LogP contribution in [0.3, 0.4) is 0 Å². The molecule has 0 aliphatic carbocycles. The van der Waals surface area contributed by atoms with Crippen LogP contribution in [-0.4, -0.2) is 42.0 Å². The largest absolute Gasteiger partial charge is 0.465 e. The lowest BCUT2D eigenvalue weighted by molar-refractivity contribution is -0.165. The Kier molecular flexibility index (Phi) is 7.71. The maximum absolute atomic E-state index is 14.2. The summed E-state index contributed by atoms with van der Waals surface area (Å²) in [5.41, 5.74) is -2.06. The van der Waals surface area contributed by atoms with Gasteiger partial charge in [0.15, 0.2) is 0 Å². The zero-order chi connectivity index (χ0) is 26.1. The normalized spacial score (nSPS) is 15.5. The fourth-order valence-electron chi connectivity index (χ4n) is 3.84. The number of furan rings is 1. The van der Waals surface area contributed by atoms with Gasteiger partial charge in [-0.15, -0.1) is 0 Å². The zero-order valence-corrected chi connectivity index (χ0v) is 19.1. The Morgan fingerprint density at radius 2 is 1.69 bits per heavy atom. The van der Waals surface area contributed by atoms with Gasteiger partial charge in [0, 0.05) is 17.2 Å². The van der Waals surface area contributed by atoms with Crippen molar-refractivity contribution in [1.82, 2.24) is 5.32 Å². The van der Waals surface area contributed by atoms with Crippen molar-refractivity contribution in [3.05, 3.63) is 47.5 Å². The van der Waals surface area contributed by atoms with E-state index in [-0.39, 0.29) is 28.9 Å². The van der Waals surface area contributed by atoms with Crippen LogP contribution in [0.5, 0.6) is 0 Å². The quantitative estimate of drug-likeness (QED) is 0.270. The molecule has 0 radical (unpaired) electrons. The smallest absolute Gasteiger partial charge is 0.407 e. The van der Waals surface area contributed by atoms with Gasteiger partial charge in [0.1, 0.15) is 35.0 Å². The van der Waals surface area contributed by atoms with Crippen LogP contribution in [0.2, 0.25) is 0 Å². The van der Waals surface area contributed by atoms with Crippen molar-refractivity contribution in [2.24, 2.45) is 0 Å². The molecule has 0 fully saturated rings. The van der Waals surface area contributed by atoms with Gasteiger partial charge >= 0.3 is 12.1 Å². The minimum Gasteiger partial charge on any atom is -0.465 e. The molecule has 1 aromatic heterocycles.